The summed E-state index contributed by atoms with van der Waals surface area (Å²) < 4.78 is 0. The number of carbonyl (C=O) groups is 1. The maximum Gasteiger partial charge on any atom is 0.238 e. The fourth-order valence-corrected chi connectivity index (χ4v) is 1.34. The molecule has 0 saturated carbocycles. The van der Waals surface area contributed by atoms with E-state index in [1.165, 1.54) is 0 Å². The third kappa shape index (κ3) is 5.45. The number of amides is 1. The number of hydrogen-bond acceptors (Lipinski definition) is 2. The summed E-state index contributed by atoms with van der Waals surface area (Å²) in [7, 11) is 0. The number of carbonyl (C=O) groups excluding carboxylic acids is 1. The van der Waals surface area contributed by atoms with E-state index in [2.05, 4.69) is 24.1 Å². The number of nitrogens with zero attached hydrogens (tertiary/aromatic N) is 1. The SMILES string of the molecule is CCN(CC)CC(C)NC(=O)C(C)Cl. The van der Waals surface area contributed by atoms with Crippen LogP contribution in [0.15, 0.2) is 0 Å². The van der Waals surface area contributed by atoms with Gasteiger partial charge in [0, 0.05) is 12.6 Å². The van der Waals surface area contributed by atoms with Gasteiger partial charge in [-0.3, -0.25) is 4.79 Å². The van der Waals surface area contributed by atoms with Gasteiger partial charge in [0.15, 0.2) is 0 Å². The molecule has 14 heavy (non-hydrogen) atoms. The zero-order chi connectivity index (χ0) is 11.1. The fourth-order valence-electron chi connectivity index (χ4n) is 1.27. The van der Waals surface area contributed by atoms with Gasteiger partial charge in [-0.25, -0.2) is 0 Å². The van der Waals surface area contributed by atoms with Gasteiger partial charge < -0.3 is 10.2 Å². The van der Waals surface area contributed by atoms with E-state index in [9.17, 15) is 4.79 Å². The number of hydrogen-bond donors (Lipinski definition) is 1. The van der Waals surface area contributed by atoms with Gasteiger partial charge in [0.1, 0.15) is 5.38 Å². The molecule has 0 saturated heterocycles. The lowest BCUT2D eigenvalue weighted by atomic mass is 10.3. The van der Waals surface area contributed by atoms with Crippen LogP contribution in [0.3, 0.4) is 0 Å². The molecular weight excluding hydrogens is 200 g/mol. The monoisotopic (exact) mass is 220 g/mol. The number of nitrogens with one attached hydrogen (secondary N) is 1. The Kier molecular flexibility index (Phi) is 6.93. The Morgan fingerprint density at radius 1 is 1.36 bits per heavy atom. The van der Waals surface area contributed by atoms with Crippen LogP contribution >= 0.6 is 11.6 Å². The van der Waals surface area contributed by atoms with Crippen molar-refractivity contribution in [3.8, 4) is 0 Å². The van der Waals surface area contributed by atoms with Crippen LogP contribution in [-0.2, 0) is 4.79 Å². The predicted octanol–water partition coefficient (Wildman–Crippen LogP) is 1.46. The van der Waals surface area contributed by atoms with Crippen molar-refractivity contribution >= 4 is 17.5 Å². The average molecular weight is 221 g/mol. The van der Waals surface area contributed by atoms with E-state index in [4.69, 9.17) is 11.6 Å². The molecule has 2 atom stereocenters. The second-order valence-electron chi connectivity index (χ2n) is 3.51. The number of alkyl halides is 1. The summed E-state index contributed by atoms with van der Waals surface area (Å²) in [4.78, 5) is 13.5. The zero-order valence-electron chi connectivity index (χ0n) is 9.51. The summed E-state index contributed by atoms with van der Waals surface area (Å²) in [5.41, 5.74) is 0. The van der Waals surface area contributed by atoms with Crippen molar-refractivity contribution < 1.29 is 4.79 Å². The third-order valence-electron chi connectivity index (χ3n) is 2.18. The van der Waals surface area contributed by atoms with Crippen molar-refractivity contribution in [2.24, 2.45) is 0 Å². The predicted molar refractivity (Wildman–Crippen MR) is 60.7 cm³/mol. The van der Waals surface area contributed by atoms with Crippen LogP contribution in [0.5, 0.6) is 0 Å². The maximum absolute atomic E-state index is 11.2. The van der Waals surface area contributed by atoms with Gasteiger partial charge in [-0.1, -0.05) is 13.8 Å². The molecule has 1 N–H and O–H groups in total. The van der Waals surface area contributed by atoms with Crippen LogP contribution in [0.4, 0.5) is 0 Å². The highest BCUT2D eigenvalue weighted by atomic mass is 35.5. The highest BCUT2D eigenvalue weighted by Crippen LogP contribution is 1.96. The Morgan fingerprint density at radius 2 is 1.86 bits per heavy atom. The van der Waals surface area contributed by atoms with Crippen molar-refractivity contribution in [3.63, 3.8) is 0 Å². The molecular formula is C10H21ClN2O. The minimum Gasteiger partial charge on any atom is -0.351 e. The van der Waals surface area contributed by atoms with Crippen LogP contribution in [0.2, 0.25) is 0 Å². The average Bonchev–Trinajstić information content (AvgIpc) is 2.13. The molecule has 0 fully saturated rings. The Labute approximate surface area is 91.8 Å². The summed E-state index contributed by atoms with van der Waals surface area (Å²) in [6.07, 6.45) is 0. The molecule has 2 unspecified atom stereocenters. The Hall–Kier alpha value is -0.280. The quantitative estimate of drug-likeness (QED) is 0.688. The van der Waals surface area contributed by atoms with Gasteiger partial charge in [0.2, 0.25) is 5.91 Å². The highest BCUT2D eigenvalue weighted by molar-refractivity contribution is 6.30. The Bertz CT molecular complexity index is 170. The topological polar surface area (TPSA) is 32.3 Å². The van der Waals surface area contributed by atoms with Crippen molar-refractivity contribution in [2.75, 3.05) is 19.6 Å². The van der Waals surface area contributed by atoms with Crippen molar-refractivity contribution in [3.05, 3.63) is 0 Å². The molecule has 0 aromatic heterocycles. The first kappa shape index (κ1) is 13.7. The molecule has 0 rings (SSSR count). The molecule has 4 heteroatoms. The molecule has 0 spiro atoms. The Morgan fingerprint density at radius 3 is 2.21 bits per heavy atom. The highest BCUT2D eigenvalue weighted by Gasteiger charge is 2.13. The maximum atomic E-state index is 11.2. The lowest BCUT2D eigenvalue weighted by Gasteiger charge is -2.23. The Balaban J connectivity index is 3.84. The van der Waals surface area contributed by atoms with Crippen LogP contribution in [-0.4, -0.2) is 41.9 Å². The van der Waals surface area contributed by atoms with Crippen LogP contribution in [0.25, 0.3) is 0 Å². The van der Waals surface area contributed by atoms with E-state index >= 15 is 0 Å². The second kappa shape index (κ2) is 7.07. The molecule has 0 aromatic rings. The molecule has 3 nitrogen and oxygen atoms in total. The molecule has 0 bridgehead atoms. The normalized spacial score (nSPS) is 15.3. The lowest BCUT2D eigenvalue weighted by molar-refractivity contribution is -0.121. The van der Waals surface area contributed by atoms with Gasteiger partial charge in [-0.2, -0.15) is 0 Å². The fraction of sp³-hybridized carbons (Fsp3) is 0.900. The molecule has 0 aliphatic carbocycles. The first-order chi connectivity index (χ1) is 6.51. The van der Waals surface area contributed by atoms with Gasteiger partial charge in [-0.05, 0) is 26.9 Å². The van der Waals surface area contributed by atoms with Crippen LogP contribution in [0, 0.1) is 0 Å². The first-order valence-electron chi connectivity index (χ1n) is 5.18. The van der Waals surface area contributed by atoms with Gasteiger partial charge >= 0.3 is 0 Å². The zero-order valence-corrected chi connectivity index (χ0v) is 10.3. The van der Waals surface area contributed by atoms with Crippen LogP contribution in [0.1, 0.15) is 27.7 Å². The van der Waals surface area contributed by atoms with E-state index in [1.54, 1.807) is 6.92 Å². The van der Waals surface area contributed by atoms with E-state index in [-0.39, 0.29) is 11.9 Å². The molecule has 84 valence electrons. The summed E-state index contributed by atoms with van der Waals surface area (Å²) >= 11 is 5.65. The number of likely N-dealkylation sites (N-methyl/N-ethyl adjacent to an activating group) is 1. The van der Waals surface area contributed by atoms with Gasteiger partial charge in [0.25, 0.3) is 0 Å². The minimum absolute atomic E-state index is 0.0914. The van der Waals surface area contributed by atoms with Crippen molar-refractivity contribution in [2.45, 2.75) is 39.1 Å². The van der Waals surface area contributed by atoms with Gasteiger partial charge in [-0.15, -0.1) is 11.6 Å². The first-order valence-corrected chi connectivity index (χ1v) is 5.61. The molecule has 0 aromatic carbocycles. The summed E-state index contributed by atoms with van der Waals surface area (Å²) in [5.74, 6) is -0.0914. The molecule has 0 radical (unpaired) electrons. The van der Waals surface area contributed by atoms with Crippen LogP contribution < -0.4 is 5.32 Å². The van der Waals surface area contributed by atoms with Crippen molar-refractivity contribution in [1.29, 1.82) is 0 Å². The standard InChI is InChI=1S/C10H21ClN2O/c1-5-13(6-2)7-8(3)12-10(14)9(4)11/h8-9H,5-7H2,1-4H3,(H,12,14). The smallest absolute Gasteiger partial charge is 0.238 e. The van der Waals surface area contributed by atoms with E-state index in [0.717, 1.165) is 19.6 Å². The largest absolute Gasteiger partial charge is 0.351 e. The van der Waals surface area contributed by atoms with Crippen molar-refractivity contribution in [1.82, 2.24) is 10.2 Å². The number of rotatable bonds is 6. The molecule has 0 aliphatic heterocycles. The second-order valence-corrected chi connectivity index (χ2v) is 4.17. The third-order valence-corrected chi connectivity index (χ3v) is 2.37. The molecule has 0 aliphatic rings. The minimum atomic E-state index is -0.450. The van der Waals surface area contributed by atoms with E-state index in [1.807, 2.05) is 6.92 Å². The number of halogens is 1. The summed E-state index contributed by atoms with van der Waals surface area (Å²) in [5, 5.41) is 2.42. The lowest BCUT2D eigenvalue weighted by Crippen LogP contribution is -2.44. The van der Waals surface area contributed by atoms with Gasteiger partial charge in [0.05, 0.1) is 0 Å². The van der Waals surface area contributed by atoms with E-state index in [0.29, 0.717) is 0 Å². The summed E-state index contributed by atoms with van der Waals surface area (Å²) in [6.45, 7) is 10.8. The van der Waals surface area contributed by atoms with E-state index < -0.39 is 5.38 Å². The molecule has 0 heterocycles. The molecule has 1 amide bonds. The summed E-state index contributed by atoms with van der Waals surface area (Å²) in [6, 6.07) is 0.156.